The molecule has 1 atom stereocenters. The van der Waals surface area contributed by atoms with Gasteiger partial charge >= 0.3 is 0 Å². The Kier molecular flexibility index (Phi) is 4.74. The second kappa shape index (κ2) is 6.53. The van der Waals surface area contributed by atoms with Gasteiger partial charge in [-0.1, -0.05) is 36.8 Å². The van der Waals surface area contributed by atoms with Crippen LogP contribution in [0.1, 0.15) is 42.5 Å². The Bertz CT molecular complexity index is 499. The normalized spacial score (nSPS) is 12.6. The molecular weight excluding hydrogens is 234 g/mol. The molecule has 0 aliphatic carbocycles. The van der Waals surface area contributed by atoms with Gasteiger partial charge in [-0.3, -0.25) is 4.68 Å². The lowest BCUT2D eigenvalue weighted by Crippen LogP contribution is -2.10. The molecular formula is C16H23N3. The molecule has 2 aromatic rings. The molecule has 3 nitrogen and oxygen atoms in total. The quantitative estimate of drug-likeness (QED) is 0.863. The smallest absolute Gasteiger partial charge is 0.0537 e. The van der Waals surface area contributed by atoms with Crippen LogP contribution in [0.3, 0.4) is 0 Å². The largest absolute Gasteiger partial charge is 0.324 e. The Hall–Kier alpha value is -1.61. The summed E-state index contributed by atoms with van der Waals surface area (Å²) in [6.07, 6.45) is 7.04. The summed E-state index contributed by atoms with van der Waals surface area (Å²) >= 11 is 0. The molecule has 1 heterocycles. The van der Waals surface area contributed by atoms with Crippen molar-refractivity contribution in [3.8, 4) is 0 Å². The average molecular weight is 257 g/mol. The van der Waals surface area contributed by atoms with Gasteiger partial charge in [-0.05, 0) is 31.7 Å². The summed E-state index contributed by atoms with van der Waals surface area (Å²) in [5.74, 6) is 0. The highest BCUT2D eigenvalue weighted by Gasteiger charge is 2.08. The molecule has 102 valence electrons. The van der Waals surface area contributed by atoms with Crippen LogP contribution in [0.25, 0.3) is 0 Å². The minimum absolute atomic E-state index is 0.0758. The highest BCUT2D eigenvalue weighted by Crippen LogP contribution is 2.16. The molecule has 0 bridgehead atoms. The van der Waals surface area contributed by atoms with Crippen molar-refractivity contribution in [1.29, 1.82) is 0 Å². The molecule has 0 aliphatic rings. The summed E-state index contributed by atoms with van der Waals surface area (Å²) < 4.78 is 1.97. The van der Waals surface area contributed by atoms with Gasteiger partial charge in [0.05, 0.1) is 6.20 Å². The van der Waals surface area contributed by atoms with E-state index in [-0.39, 0.29) is 6.04 Å². The van der Waals surface area contributed by atoms with Crippen LogP contribution in [0.5, 0.6) is 0 Å². The van der Waals surface area contributed by atoms with E-state index < -0.39 is 0 Å². The summed E-state index contributed by atoms with van der Waals surface area (Å²) in [4.78, 5) is 0. The van der Waals surface area contributed by atoms with E-state index in [4.69, 9.17) is 5.73 Å². The van der Waals surface area contributed by atoms with Crippen LogP contribution in [0.15, 0.2) is 36.7 Å². The van der Waals surface area contributed by atoms with Crippen molar-refractivity contribution >= 4 is 0 Å². The zero-order valence-corrected chi connectivity index (χ0v) is 11.8. The Morgan fingerprint density at radius 1 is 1.26 bits per heavy atom. The minimum Gasteiger partial charge on any atom is -0.324 e. The van der Waals surface area contributed by atoms with Gasteiger partial charge in [0.2, 0.25) is 0 Å². The van der Waals surface area contributed by atoms with E-state index in [1.54, 1.807) is 0 Å². The van der Waals surface area contributed by atoms with Crippen LogP contribution in [0.4, 0.5) is 0 Å². The van der Waals surface area contributed by atoms with E-state index >= 15 is 0 Å². The summed E-state index contributed by atoms with van der Waals surface area (Å²) in [7, 11) is 0. The first-order chi connectivity index (χ1) is 9.19. The number of rotatable bonds is 6. The van der Waals surface area contributed by atoms with E-state index in [1.807, 2.05) is 10.9 Å². The van der Waals surface area contributed by atoms with Crippen LogP contribution in [-0.4, -0.2) is 9.78 Å². The van der Waals surface area contributed by atoms with Gasteiger partial charge in [0, 0.05) is 24.3 Å². The number of nitrogens with zero attached hydrogens (tertiary/aromatic N) is 2. The third-order valence-corrected chi connectivity index (χ3v) is 3.40. The first-order valence-electron chi connectivity index (χ1n) is 7.02. The maximum atomic E-state index is 6.23. The number of hydrogen-bond donors (Lipinski definition) is 1. The van der Waals surface area contributed by atoms with E-state index in [1.165, 1.54) is 11.1 Å². The molecule has 0 amide bonds. The molecule has 0 fully saturated rings. The molecule has 0 saturated heterocycles. The van der Waals surface area contributed by atoms with E-state index in [0.29, 0.717) is 0 Å². The van der Waals surface area contributed by atoms with Crippen LogP contribution in [0.2, 0.25) is 0 Å². The molecule has 0 radical (unpaired) electrons. The summed E-state index contributed by atoms with van der Waals surface area (Å²) in [5, 5.41) is 4.33. The number of hydrogen-bond acceptors (Lipinski definition) is 2. The molecule has 19 heavy (non-hydrogen) atoms. The minimum atomic E-state index is 0.0758. The van der Waals surface area contributed by atoms with Crippen molar-refractivity contribution in [3.05, 3.63) is 53.3 Å². The standard InChI is InChI=1S/C16H23N3/c1-3-10-19-12-15(11-18-19)16(17)9-8-14-6-4-13(2)5-7-14/h4-7,11-12,16H,3,8-10,17H2,1-2H3. The highest BCUT2D eigenvalue weighted by molar-refractivity contribution is 5.22. The maximum absolute atomic E-state index is 6.23. The third-order valence-electron chi connectivity index (χ3n) is 3.40. The second-order valence-electron chi connectivity index (χ2n) is 5.17. The molecule has 2 rings (SSSR count). The van der Waals surface area contributed by atoms with Crippen molar-refractivity contribution in [1.82, 2.24) is 9.78 Å². The summed E-state index contributed by atoms with van der Waals surface area (Å²) in [6, 6.07) is 8.75. The van der Waals surface area contributed by atoms with E-state index in [0.717, 1.165) is 31.4 Å². The van der Waals surface area contributed by atoms with Crippen molar-refractivity contribution in [3.63, 3.8) is 0 Å². The van der Waals surface area contributed by atoms with Crippen LogP contribution >= 0.6 is 0 Å². The number of benzene rings is 1. The van der Waals surface area contributed by atoms with Gasteiger partial charge in [-0.25, -0.2) is 0 Å². The number of aryl methyl sites for hydroxylation is 3. The van der Waals surface area contributed by atoms with Crippen molar-refractivity contribution in [2.75, 3.05) is 0 Å². The fourth-order valence-corrected chi connectivity index (χ4v) is 2.17. The molecule has 3 heteroatoms. The SMILES string of the molecule is CCCn1cc(C(N)CCc2ccc(C)cc2)cn1. The predicted molar refractivity (Wildman–Crippen MR) is 78.9 cm³/mol. The van der Waals surface area contributed by atoms with Crippen molar-refractivity contribution < 1.29 is 0 Å². The molecule has 0 saturated carbocycles. The highest BCUT2D eigenvalue weighted by atomic mass is 15.3. The predicted octanol–water partition coefficient (Wildman–Crippen LogP) is 3.23. The van der Waals surface area contributed by atoms with E-state index in [2.05, 4.69) is 49.4 Å². The monoisotopic (exact) mass is 257 g/mol. The number of nitrogens with two attached hydrogens (primary N) is 1. The fraction of sp³-hybridized carbons (Fsp3) is 0.438. The third kappa shape index (κ3) is 3.93. The summed E-state index contributed by atoms with van der Waals surface area (Å²) in [6.45, 7) is 5.22. The van der Waals surface area contributed by atoms with Crippen LogP contribution < -0.4 is 5.73 Å². The molecule has 0 aliphatic heterocycles. The van der Waals surface area contributed by atoms with E-state index in [9.17, 15) is 0 Å². The lowest BCUT2D eigenvalue weighted by atomic mass is 10.0. The van der Waals surface area contributed by atoms with Gasteiger partial charge in [-0.15, -0.1) is 0 Å². The zero-order valence-electron chi connectivity index (χ0n) is 11.8. The first-order valence-corrected chi connectivity index (χ1v) is 7.02. The molecule has 1 aromatic carbocycles. The topological polar surface area (TPSA) is 43.8 Å². The maximum Gasteiger partial charge on any atom is 0.0537 e. The van der Waals surface area contributed by atoms with Crippen molar-refractivity contribution in [2.24, 2.45) is 5.73 Å². The van der Waals surface area contributed by atoms with Gasteiger partial charge in [-0.2, -0.15) is 5.10 Å². The lowest BCUT2D eigenvalue weighted by Gasteiger charge is -2.09. The van der Waals surface area contributed by atoms with Crippen LogP contribution in [-0.2, 0) is 13.0 Å². The van der Waals surface area contributed by atoms with Gasteiger partial charge in [0.15, 0.2) is 0 Å². The summed E-state index contributed by atoms with van der Waals surface area (Å²) in [5.41, 5.74) is 10.0. The molecule has 2 N–H and O–H groups in total. The van der Waals surface area contributed by atoms with Gasteiger partial charge < -0.3 is 5.73 Å². The average Bonchev–Trinajstić information content (AvgIpc) is 2.87. The lowest BCUT2D eigenvalue weighted by molar-refractivity contribution is 0.599. The Labute approximate surface area is 115 Å². The number of aromatic nitrogens is 2. The second-order valence-corrected chi connectivity index (χ2v) is 5.17. The fourth-order valence-electron chi connectivity index (χ4n) is 2.17. The van der Waals surface area contributed by atoms with Crippen molar-refractivity contribution in [2.45, 2.75) is 45.7 Å². The Balaban J connectivity index is 1.89. The first kappa shape index (κ1) is 13.8. The van der Waals surface area contributed by atoms with Gasteiger partial charge in [0.25, 0.3) is 0 Å². The Morgan fingerprint density at radius 3 is 2.68 bits per heavy atom. The van der Waals surface area contributed by atoms with Gasteiger partial charge in [0.1, 0.15) is 0 Å². The molecule has 1 aromatic heterocycles. The molecule has 1 unspecified atom stereocenters. The molecule has 0 spiro atoms. The zero-order chi connectivity index (χ0) is 13.7. The van der Waals surface area contributed by atoms with Crippen LogP contribution in [0, 0.1) is 6.92 Å². The Morgan fingerprint density at radius 2 is 2.00 bits per heavy atom.